The first kappa shape index (κ1) is 19.1. The zero-order valence-corrected chi connectivity index (χ0v) is 14.5. The second kappa shape index (κ2) is 6.21. The quantitative estimate of drug-likeness (QED) is 0.796. The smallest absolute Gasteiger partial charge is 0.301 e. The van der Waals surface area contributed by atoms with Crippen LogP contribution in [-0.2, 0) is 9.84 Å². The lowest BCUT2D eigenvalue weighted by Crippen LogP contribution is -2.31. The molecule has 3 rings (SSSR count). The lowest BCUT2D eigenvalue weighted by Gasteiger charge is -2.17. The molecule has 2 aromatic carbocycles. The number of rotatable bonds is 3. The standard InChI is InChI=1S/C17H12F4N2O3S/c1-27(24,25)12-3-2-11(13-14(12)16(23)17(20,21)15(13)19)26-10-5-8(7-22)4-9(18)6-10/h2-6,15-16H,23H2,1H3. The molecule has 5 nitrogen and oxygen atoms in total. The van der Waals surface area contributed by atoms with E-state index in [1.165, 1.54) is 0 Å². The van der Waals surface area contributed by atoms with Crippen LogP contribution in [0.4, 0.5) is 17.6 Å². The van der Waals surface area contributed by atoms with E-state index < -0.39 is 55.6 Å². The number of ether oxygens (including phenoxy) is 1. The maximum absolute atomic E-state index is 14.5. The Morgan fingerprint density at radius 1 is 1.22 bits per heavy atom. The van der Waals surface area contributed by atoms with Crippen molar-refractivity contribution < 1.29 is 30.7 Å². The molecule has 27 heavy (non-hydrogen) atoms. The molecule has 1 aliphatic carbocycles. The highest BCUT2D eigenvalue weighted by Crippen LogP contribution is 2.56. The summed E-state index contributed by atoms with van der Waals surface area (Å²) in [5.74, 6) is -5.56. The molecule has 0 radical (unpaired) electrons. The summed E-state index contributed by atoms with van der Waals surface area (Å²) >= 11 is 0. The first-order chi connectivity index (χ1) is 12.5. The van der Waals surface area contributed by atoms with Gasteiger partial charge < -0.3 is 10.5 Å². The monoisotopic (exact) mass is 400 g/mol. The molecule has 0 amide bonds. The van der Waals surface area contributed by atoms with E-state index >= 15 is 0 Å². The highest BCUT2D eigenvalue weighted by atomic mass is 32.2. The van der Waals surface area contributed by atoms with E-state index in [1.807, 2.05) is 0 Å². The highest BCUT2D eigenvalue weighted by molar-refractivity contribution is 7.90. The SMILES string of the molecule is CS(=O)(=O)c1ccc(Oc2cc(F)cc(C#N)c2)c2c1C(N)C(F)(F)C2F. The van der Waals surface area contributed by atoms with Gasteiger partial charge in [-0.1, -0.05) is 0 Å². The minimum absolute atomic E-state index is 0.103. The molecule has 2 aromatic rings. The van der Waals surface area contributed by atoms with Crippen LogP contribution in [0.15, 0.2) is 35.2 Å². The average molecular weight is 400 g/mol. The van der Waals surface area contributed by atoms with Gasteiger partial charge in [-0.25, -0.2) is 26.0 Å². The molecule has 2 N–H and O–H groups in total. The molecule has 2 unspecified atom stereocenters. The Morgan fingerprint density at radius 2 is 1.89 bits per heavy atom. The Bertz CT molecular complexity index is 1080. The second-order valence-electron chi connectivity index (χ2n) is 6.07. The predicted octanol–water partition coefficient (Wildman–Crippen LogP) is 3.55. The molecule has 0 fully saturated rings. The number of hydrogen-bond donors (Lipinski definition) is 1. The van der Waals surface area contributed by atoms with Gasteiger partial charge in [-0.3, -0.25) is 0 Å². The summed E-state index contributed by atoms with van der Waals surface area (Å²) < 4.78 is 85.4. The maximum Gasteiger partial charge on any atom is 0.301 e. The minimum atomic E-state index is -4.05. The molecule has 2 atom stereocenters. The Morgan fingerprint density at radius 3 is 2.48 bits per heavy atom. The normalized spacial score (nSPS) is 20.8. The Balaban J connectivity index is 2.21. The molecule has 0 saturated carbocycles. The first-order valence-electron chi connectivity index (χ1n) is 7.49. The van der Waals surface area contributed by atoms with Gasteiger partial charge >= 0.3 is 5.92 Å². The summed E-state index contributed by atoms with van der Waals surface area (Å²) in [4.78, 5) is -0.533. The van der Waals surface area contributed by atoms with E-state index in [-0.39, 0.29) is 11.3 Å². The van der Waals surface area contributed by atoms with Crippen LogP contribution in [0.3, 0.4) is 0 Å². The zero-order chi connectivity index (χ0) is 20.1. The van der Waals surface area contributed by atoms with Crippen molar-refractivity contribution in [3.8, 4) is 17.6 Å². The molecule has 142 valence electrons. The summed E-state index contributed by atoms with van der Waals surface area (Å²) in [5, 5.41) is 8.86. The van der Waals surface area contributed by atoms with E-state index in [0.717, 1.165) is 36.6 Å². The number of nitriles is 1. The number of nitrogens with two attached hydrogens (primary N) is 1. The molecule has 0 aromatic heterocycles. The Kier molecular flexibility index (Phi) is 4.40. The van der Waals surface area contributed by atoms with Crippen LogP contribution in [0, 0.1) is 17.1 Å². The first-order valence-corrected chi connectivity index (χ1v) is 9.38. The lowest BCUT2D eigenvalue weighted by atomic mass is 10.1. The number of fused-ring (bicyclic) bond motifs is 1. The zero-order valence-electron chi connectivity index (χ0n) is 13.7. The van der Waals surface area contributed by atoms with Gasteiger partial charge in [0.1, 0.15) is 17.3 Å². The molecular formula is C17H12F4N2O3S. The third-order valence-electron chi connectivity index (χ3n) is 4.15. The van der Waals surface area contributed by atoms with Crippen LogP contribution in [0.5, 0.6) is 11.5 Å². The van der Waals surface area contributed by atoms with Crippen LogP contribution < -0.4 is 10.5 Å². The van der Waals surface area contributed by atoms with Crippen molar-refractivity contribution in [2.45, 2.75) is 23.0 Å². The molecule has 0 heterocycles. The minimum Gasteiger partial charge on any atom is -0.457 e. The van der Waals surface area contributed by atoms with E-state index in [1.54, 1.807) is 6.07 Å². The van der Waals surface area contributed by atoms with Crippen molar-refractivity contribution in [3.63, 3.8) is 0 Å². The second-order valence-corrected chi connectivity index (χ2v) is 8.05. The topological polar surface area (TPSA) is 93.2 Å². The van der Waals surface area contributed by atoms with Crippen molar-refractivity contribution in [3.05, 3.63) is 52.8 Å². The molecular weight excluding hydrogens is 388 g/mol. The number of halogens is 4. The van der Waals surface area contributed by atoms with Gasteiger partial charge in [-0.05, 0) is 24.3 Å². The highest BCUT2D eigenvalue weighted by Gasteiger charge is 2.57. The molecule has 0 aliphatic heterocycles. The fourth-order valence-electron chi connectivity index (χ4n) is 2.95. The lowest BCUT2D eigenvalue weighted by molar-refractivity contribution is -0.0813. The van der Waals surface area contributed by atoms with Gasteiger partial charge in [0.25, 0.3) is 0 Å². The third kappa shape index (κ3) is 3.13. The van der Waals surface area contributed by atoms with Gasteiger partial charge in [0.2, 0.25) is 0 Å². The van der Waals surface area contributed by atoms with Crippen LogP contribution in [0.2, 0.25) is 0 Å². The number of sulfone groups is 1. The fourth-order valence-corrected chi connectivity index (χ4v) is 3.90. The van der Waals surface area contributed by atoms with Crippen molar-refractivity contribution in [2.24, 2.45) is 5.73 Å². The van der Waals surface area contributed by atoms with E-state index in [9.17, 15) is 26.0 Å². The molecule has 0 saturated heterocycles. The number of hydrogen-bond acceptors (Lipinski definition) is 5. The number of benzene rings is 2. The van der Waals surface area contributed by atoms with Gasteiger partial charge in [0, 0.05) is 23.4 Å². The Labute approximate surface area is 151 Å². The maximum atomic E-state index is 14.5. The van der Waals surface area contributed by atoms with Crippen molar-refractivity contribution in [1.82, 2.24) is 0 Å². The predicted molar refractivity (Wildman–Crippen MR) is 86.5 cm³/mol. The number of alkyl halides is 3. The fraction of sp³-hybridized carbons (Fsp3) is 0.235. The average Bonchev–Trinajstić information content (AvgIpc) is 2.75. The van der Waals surface area contributed by atoms with Gasteiger partial charge in [0.15, 0.2) is 16.0 Å². The molecule has 10 heteroatoms. The summed E-state index contributed by atoms with van der Waals surface area (Å²) in [6, 6.07) is 4.38. The largest absolute Gasteiger partial charge is 0.457 e. The molecule has 0 spiro atoms. The Hall–Kier alpha value is -2.64. The van der Waals surface area contributed by atoms with Crippen LogP contribution in [0.1, 0.15) is 28.9 Å². The molecule has 1 aliphatic rings. The van der Waals surface area contributed by atoms with Crippen molar-refractivity contribution in [2.75, 3.05) is 6.26 Å². The van der Waals surface area contributed by atoms with Crippen LogP contribution >= 0.6 is 0 Å². The third-order valence-corrected chi connectivity index (χ3v) is 5.31. The van der Waals surface area contributed by atoms with E-state index in [2.05, 4.69) is 0 Å². The summed E-state index contributed by atoms with van der Waals surface area (Å²) in [5.41, 5.74) is 4.04. The van der Waals surface area contributed by atoms with Gasteiger partial charge in [-0.15, -0.1) is 0 Å². The molecule has 0 bridgehead atoms. The van der Waals surface area contributed by atoms with Crippen LogP contribution in [0.25, 0.3) is 0 Å². The summed E-state index contributed by atoms with van der Waals surface area (Å²) in [7, 11) is -3.98. The number of nitrogens with zero attached hydrogens (tertiary/aromatic N) is 1. The van der Waals surface area contributed by atoms with Crippen LogP contribution in [-0.4, -0.2) is 20.6 Å². The van der Waals surface area contributed by atoms with E-state index in [4.69, 9.17) is 15.7 Å². The van der Waals surface area contributed by atoms with Crippen molar-refractivity contribution in [1.29, 1.82) is 5.26 Å². The summed E-state index contributed by atoms with van der Waals surface area (Å²) in [6.45, 7) is 0. The van der Waals surface area contributed by atoms with Crippen molar-refractivity contribution >= 4 is 9.84 Å². The van der Waals surface area contributed by atoms with E-state index in [0.29, 0.717) is 0 Å². The summed E-state index contributed by atoms with van der Waals surface area (Å²) in [6.07, 6.45) is -2.13. The van der Waals surface area contributed by atoms with Gasteiger partial charge in [-0.2, -0.15) is 5.26 Å². The van der Waals surface area contributed by atoms with Gasteiger partial charge in [0.05, 0.1) is 22.6 Å².